The monoisotopic (exact) mass is 139 g/mol. The summed E-state index contributed by atoms with van der Waals surface area (Å²) in [7, 11) is 0. The Labute approximate surface area is 61.5 Å². The van der Waals surface area contributed by atoms with Gasteiger partial charge in [0.2, 0.25) is 6.41 Å². The molecule has 0 aromatic rings. The summed E-state index contributed by atoms with van der Waals surface area (Å²) in [4.78, 5) is 12.2. The van der Waals surface area contributed by atoms with Gasteiger partial charge in [0.05, 0.1) is 6.04 Å². The molecule has 56 valence electrons. The van der Waals surface area contributed by atoms with E-state index in [4.69, 9.17) is 0 Å². The van der Waals surface area contributed by atoms with Crippen LogP contribution in [0, 0.1) is 0 Å². The first-order valence-electron chi connectivity index (χ1n) is 3.62. The second-order valence-corrected chi connectivity index (χ2v) is 2.85. The molecule has 0 saturated carbocycles. The molecule has 1 unspecified atom stereocenters. The molecule has 1 heterocycles. The first-order chi connectivity index (χ1) is 4.75. The Balaban J connectivity index is 2.58. The van der Waals surface area contributed by atoms with E-state index >= 15 is 0 Å². The van der Waals surface area contributed by atoms with Crippen molar-refractivity contribution in [2.24, 2.45) is 0 Å². The second-order valence-electron chi connectivity index (χ2n) is 2.85. The zero-order valence-electron chi connectivity index (χ0n) is 6.34. The van der Waals surface area contributed by atoms with Crippen molar-refractivity contribution in [2.75, 3.05) is 6.54 Å². The van der Waals surface area contributed by atoms with Gasteiger partial charge in [0.15, 0.2) is 0 Å². The zero-order valence-corrected chi connectivity index (χ0v) is 6.34. The van der Waals surface area contributed by atoms with Gasteiger partial charge in [0.1, 0.15) is 0 Å². The van der Waals surface area contributed by atoms with Gasteiger partial charge in [-0.1, -0.05) is 12.2 Å². The van der Waals surface area contributed by atoms with E-state index in [9.17, 15) is 4.79 Å². The summed E-state index contributed by atoms with van der Waals surface area (Å²) in [5.74, 6) is 0. The first kappa shape index (κ1) is 7.32. The quantitative estimate of drug-likeness (QED) is 0.415. The summed E-state index contributed by atoms with van der Waals surface area (Å²) in [6.07, 6.45) is 3.14. The Morgan fingerprint density at radius 2 is 2.50 bits per heavy atom. The smallest absolute Gasteiger partial charge is 0.210 e. The summed E-state index contributed by atoms with van der Waals surface area (Å²) < 4.78 is 0. The highest BCUT2D eigenvalue weighted by Gasteiger charge is 2.22. The minimum atomic E-state index is 0.317. The third-order valence-corrected chi connectivity index (χ3v) is 2.00. The van der Waals surface area contributed by atoms with Gasteiger partial charge in [-0.05, 0) is 19.8 Å². The summed E-state index contributed by atoms with van der Waals surface area (Å²) in [6.45, 7) is 6.72. The number of nitrogens with zero attached hydrogens (tertiary/aromatic N) is 1. The summed E-state index contributed by atoms with van der Waals surface area (Å²) in [5, 5.41) is 0. The van der Waals surface area contributed by atoms with E-state index in [0.717, 1.165) is 31.4 Å². The average Bonchev–Trinajstić information content (AvgIpc) is 2.33. The molecule has 1 aliphatic rings. The van der Waals surface area contributed by atoms with Crippen LogP contribution in [0.2, 0.25) is 0 Å². The number of rotatable bonds is 2. The largest absolute Gasteiger partial charge is 0.339 e. The van der Waals surface area contributed by atoms with Gasteiger partial charge in [-0.15, -0.1) is 0 Å². The van der Waals surface area contributed by atoms with E-state index in [1.165, 1.54) is 0 Å². The van der Waals surface area contributed by atoms with Crippen LogP contribution in [0.25, 0.3) is 0 Å². The van der Waals surface area contributed by atoms with E-state index in [1.807, 2.05) is 11.8 Å². The lowest BCUT2D eigenvalue weighted by Crippen LogP contribution is -2.28. The van der Waals surface area contributed by atoms with Gasteiger partial charge < -0.3 is 4.90 Å². The minimum absolute atomic E-state index is 0.317. The molecule has 0 aromatic carbocycles. The summed E-state index contributed by atoms with van der Waals surface area (Å²) in [5.41, 5.74) is 1.10. The van der Waals surface area contributed by atoms with Gasteiger partial charge >= 0.3 is 0 Å². The van der Waals surface area contributed by atoms with Gasteiger partial charge in [0.25, 0.3) is 0 Å². The number of hydrogen-bond donors (Lipinski definition) is 0. The van der Waals surface area contributed by atoms with Crippen LogP contribution in [-0.4, -0.2) is 23.9 Å². The van der Waals surface area contributed by atoms with Crippen molar-refractivity contribution < 1.29 is 4.79 Å². The van der Waals surface area contributed by atoms with Crippen molar-refractivity contribution in [3.8, 4) is 0 Å². The Bertz CT molecular complexity index is 153. The van der Waals surface area contributed by atoms with Crippen LogP contribution in [-0.2, 0) is 4.79 Å². The van der Waals surface area contributed by atoms with Crippen molar-refractivity contribution >= 4 is 6.41 Å². The molecule has 2 nitrogen and oxygen atoms in total. The van der Waals surface area contributed by atoms with Crippen LogP contribution in [0.4, 0.5) is 0 Å². The standard InChI is InChI=1S/C8H13NO/c1-7(2)8-4-3-5-9(8)6-10/h6,8H,1,3-5H2,2H3. The fourth-order valence-corrected chi connectivity index (χ4v) is 1.44. The normalized spacial score (nSPS) is 24.9. The summed E-state index contributed by atoms with van der Waals surface area (Å²) >= 11 is 0. The lowest BCUT2D eigenvalue weighted by atomic mass is 10.1. The summed E-state index contributed by atoms with van der Waals surface area (Å²) in [6, 6.07) is 0.317. The van der Waals surface area contributed by atoms with Crippen LogP contribution >= 0.6 is 0 Å². The lowest BCUT2D eigenvalue weighted by Gasteiger charge is -2.19. The Morgan fingerprint density at radius 3 is 2.90 bits per heavy atom. The van der Waals surface area contributed by atoms with E-state index in [2.05, 4.69) is 6.58 Å². The number of carbonyl (C=O) groups is 1. The van der Waals surface area contributed by atoms with E-state index in [1.54, 1.807) is 0 Å². The number of amides is 1. The molecule has 1 saturated heterocycles. The predicted octanol–water partition coefficient (Wildman–Crippen LogP) is 1.18. The highest BCUT2D eigenvalue weighted by Crippen LogP contribution is 2.20. The molecule has 0 aromatic heterocycles. The van der Waals surface area contributed by atoms with Crippen molar-refractivity contribution in [3.05, 3.63) is 12.2 Å². The first-order valence-corrected chi connectivity index (χ1v) is 3.62. The van der Waals surface area contributed by atoms with Crippen LogP contribution in [0.15, 0.2) is 12.2 Å². The highest BCUT2D eigenvalue weighted by atomic mass is 16.1. The molecule has 10 heavy (non-hydrogen) atoms. The van der Waals surface area contributed by atoms with Crippen LogP contribution < -0.4 is 0 Å². The highest BCUT2D eigenvalue weighted by molar-refractivity contribution is 5.49. The molecule has 1 atom stereocenters. The average molecular weight is 139 g/mol. The third kappa shape index (κ3) is 1.20. The van der Waals surface area contributed by atoms with Crippen molar-refractivity contribution in [3.63, 3.8) is 0 Å². The van der Waals surface area contributed by atoms with Crippen molar-refractivity contribution in [1.82, 2.24) is 4.90 Å². The lowest BCUT2D eigenvalue weighted by molar-refractivity contribution is -0.118. The SMILES string of the molecule is C=C(C)C1CCCN1C=O. The van der Waals surface area contributed by atoms with Crippen LogP contribution in [0.5, 0.6) is 0 Å². The molecule has 1 amide bonds. The molecular weight excluding hydrogens is 126 g/mol. The minimum Gasteiger partial charge on any atom is -0.339 e. The number of likely N-dealkylation sites (tertiary alicyclic amines) is 1. The third-order valence-electron chi connectivity index (χ3n) is 2.00. The topological polar surface area (TPSA) is 20.3 Å². The van der Waals surface area contributed by atoms with E-state index < -0.39 is 0 Å². The van der Waals surface area contributed by atoms with Crippen molar-refractivity contribution in [1.29, 1.82) is 0 Å². The fourth-order valence-electron chi connectivity index (χ4n) is 1.44. The van der Waals surface area contributed by atoms with Gasteiger partial charge in [-0.2, -0.15) is 0 Å². The van der Waals surface area contributed by atoms with Crippen LogP contribution in [0.3, 0.4) is 0 Å². The van der Waals surface area contributed by atoms with Gasteiger partial charge in [0, 0.05) is 6.54 Å². The molecular formula is C8H13NO. The molecule has 1 aliphatic heterocycles. The Kier molecular flexibility index (Phi) is 2.10. The van der Waals surface area contributed by atoms with E-state index in [-0.39, 0.29) is 0 Å². The van der Waals surface area contributed by atoms with E-state index in [0.29, 0.717) is 6.04 Å². The Hall–Kier alpha value is -0.790. The van der Waals surface area contributed by atoms with Gasteiger partial charge in [-0.3, -0.25) is 4.79 Å². The number of hydrogen-bond acceptors (Lipinski definition) is 1. The van der Waals surface area contributed by atoms with Gasteiger partial charge in [-0.25, -0.2) is 0 Å². The second kappa shape index (κ2) is 2.86. The number of carbonyl (C=O) groups excluding carboxylic acids is 1. The molecule has 1 rings (SSSR count). The molecule has 0 bridgehead atoms. The maximum Gasteiger partial charge on any atom is 0.210 e. The molecule has 0 spiro atoms. The maximum absolute atomic E-state index is 10.4. The Morgan fingerprint density at radius 1 is 1.80 bits per heavy atom. The predicted molar refractivity (Wildman–Crippen MR) is 40.6 cm³/mol. The molecule has 0 N–H and O–H groups in total. The fraction of sp³-hybridized carbons (Fsp3) is 0.625. The van der Waals surface area contributed by atoms with Crippen molar-refractivity contribution in [2.45, 2.75) is 25.8 Å². The molecule has 1 fully saturated rings. The maximum atomic E-state index is 10.4. The molecule has 0 radical (unpaired) electrons. The zero-order chi connectivity index (χ0) is 7.56. The van der Waals surface area contributed by atoms with Crippen LogP contribution in [0.1, 0.15) is 19.8 Å². The molecule has 0 aliphatic carbocycles. The molecule has 2 heteroatoms.